The third kappa shape index (κ3) is 2.53. The summed E-state index contributed by atoms with van der Waals surface area (Å²) in [5.74, 6) is 1.49. The van der Waals surface area contributed by atoms with E-state index < -0.39 is 0 Å². The van der Waals surface area contributed by atoms with Crippen molar-refractivity contribution in [3.8, 4) is 5.75 Å². The number of furan rings is 1. The number of rotatable bonds is 3. The lowest BCUT2D eigenvalue weighted by molar-refractivity contribution is 0.0929. The van der Waals surface area contributed by atoms with Crippen LogP contribution in [-0.2, 0) is 6.42 Å². The lowest BCUT2D eigenvalue weighted by atomic mass is 9.90. The summed E-state index contributed by atoms with van der Waals surface area (Å²) >= 11 is 0. The average molecular weight is 285 g/mol. The van der Waals surface area contributed by atoms with Gasteiger partial charge in [0.1, 0.15) is 11.5 Å². The van der Waals surface area contributed by atoms with Gasteiger partial charge in [0.25, 0.3) is 5.91 Å². The Labute approximate surface area is 124 Å². The van der Waals surface area contributed by atoms with Gasteiger partial charge in [0.15, 0.2) is 0 Å². The van der Waals surface area contributed by atoms with Gasteiger partial charge in [-0.15, -0.1) is 0 Å². The van der Waals surface area contributed by atoms with Crippen molar-refractivity contribution in [2.75, 3.05) is 7.11 Å². The van der Waals surface area contributed by atoms with E-state index in [9.17, 15) is 4.79 Å². The van der Waals surface area contributed by atoms with Gasteiger partial charge in [0, 0.05) is 12.0 Å². The Morgan fingerprint density at radius 1 is 1.38 bits per heavy atom. The molecule has 4 heteroatoms. The smallest absolute Gasteiger partial charge is 0.255 e. The van der Waals surface area contributed by atoms with Crippen molar-refractivity contribution >= 4 is 5.91 Å². The van der Waals surface area contributed by atoms with Crippen LogP contribution in [0.5, 0.6) is 5.75 Å². The normalized spacial score (nSPS) is 17.1. The minimum absolute atomic E-state index is 0.0184. The van der Waals surface area contributed by atoms with Crippen LogP contribution in [0.3, 0.4) is 0 Å². The first-order valence-electron chi connectivity index (χ1n) is 7.21. The highest BCUT2D eigenvalue weighted by Gasteiger charge is 2.27. The van der Waals surface area contributed by atoms with Crippen LogP contribution in [0.15, 0.2) is 34.9 Å². The number of amides is 1. The van der Waals surface area contributed by atoms with Gasteiger partial charge in [-0.2, -0.15) is 0 Å². The maximum absolute atomic E-state index is 12.5. The van der Waals surface area contributed by atoms with E-state index in [0.29, 0.717) is 11.3 Å². The van der Waals surface area contributed by atoms with Crippen molar-refractivity contribution in [1.29, 1.82) is 0 Å². The summed E-state index contributed by atoms with van der Waals surface area (Å²) in [5, 5.41) is 3.11. The van der Waals surface area contributed by atoms with Gasteiger partial charge < -0.3 is 14.5 Å². The van der Waals surface area contributed by atoms with Crippen molar-refractivity contribution in [3.63, 3.8) is 0 Å². The van der Waals surface area contributed by atoms with Crippen LogP contribution >= 0.6 is 0 Å². The molecule has 0 spiro atoms. The van der Waals surface area contributed by atoms with E-state index in [0.717, 1.165) is 36.1 Å². The first kappa shape index (κ1) is 13.7. The van der Waals surface area contributed by atoms with Crippen LogP contribution in [0, 0.1) is 6.92 Å². The molecule has 3 rings (SSSR count). The molecular formula is C17H19NO3. The molecule has 0 saturated heterocycles. The zero-order valence-electron chi connectivity index (χ0n) is 12.3. The van der Waals surface area contributed by atoms with Crippen molar-refractivity contribution < 1.29 is 13.9 Å². The number of para-hydroxylation sites is 1. The topological polar surface area (TPSA) is 51.5 Å². The third-order valence-corrected chi connectivity index (χ3v) is 4.01. The lowest BCUT2D eigenvalue weighted by Gasteiger charge is -2.24. The number of hydrogen-bond donors (Lipinski definition) is 1. The first-order valence-corrected chi connectivity index (χ1v) is 7.21. The van der Waals surface area contributed by atoms with Gasteiger partial charge in [0.2, 0.25) is 0 Å². The fourth-order valence-electron chi connectivity index (χ4n) is 2.99. The predicted molar refractivity (Wildman–Crippen MR) is 79.6 cm³/mol. The SMILES string of the molecule is COc1ccccc1C(=O)NC1CCCc2occ(C)c21. The van der Waals surface area contributed by atoms with E-state index in [1.165, 1.54) is 0 Å². The van der Waals surface area contributed by atoms with Crippen LogP contribution in [0.1, 0.15) is 46.1 Å². The van der Waals surface area contributed by atoms with Crippen LogP contribution in [0.25, 0.3) is 0 Å². The maximum atomic E-state index is 12.5. The molecule has 2 aromatic rings. The second-order valence-corrected chi connectivity index (χ2v) is 5.37. The Morgan fingerprint density at radius 2 is 2.19 bits per heavy atom. The number of hydrogen-bond acceptors (Lipinski definition) is 3. The average Bonchev–Trinajstić information content (AvgIpc) is 2.90. The molecule has 0 bridgehead atoms. The molecule has 1 unspecified atom stereocenters. The minimum atomic E-state index is -0.106. The molecule has 0 fully saturated rings. The Morgan fingerprint density at radius 3 is 3.00 bits per heavy atom. The Balaban J connectivity index is 1.84. The molecule has 1 N–H and O–H groups in total. The quantitative estimate of drug-likeness (QED) is 0.940. The highest BCUT2D eigenvalue weighted by Crippen LogP contribution is 2.33. The molecule has 1 aliphatic rings. The molecular weight excluding hydrogens is 266 g/mol. The van der Waals surface area contributed by atoms with E-state index in [4.69, 9.17) is 9.15 Å². The number of fused-ring (bicyclic) bond motifs is 1. The summed E-state index contributed by atoms with van der Waals surface area (Å²) in [6.07, 6.45) is 4.69. The second-order valence-electron chi connectivity index (χ2n) is 5.37. The van der Waals surface area contributed by atoms with E-state index >= 15 is 0 Å². The zero-order chi connectivity index (χ0) is 14.8. The fourth-order valence-corrected chi connectivity index (χ4v) is 2.99. The highest BCUT2D eigenvalue weighted by molar-refractivity contribution is 5.97. The maximum Gasteiger partial charge on any atom is 0.255 e. The van der Waals surface area contributed by atoms with Crippen LogP contribution in [-0.4, -0.2) is 13.0 Å². The molecule has 1 aromatic carbocycles. The first-order chi connectivity index (χ1) is 10.2. The van der Waals surface area contributed by atoms with Crippen molar-refractivity contribution in [1.82, 2.24) is 5.32 Å². The molecule has 0 saturated carbocycles. The van der Waals surface area contributed by atoms with E-state index in [1.807, 2.05) is 19.1 Å². The summed E-state index contributed by atoms with van der Waals surface area (Å²) in [7, 11) is 1.57. The highest BCUT2D eigenvalue weighted by atomic mass is 16.5. The number of ether oxygens (including phenoxy) is 1. The van der Waals surface area contributed by atoms with E-state index in [2.05, 4.69) is 5.32 Å². The summed E-state index contributed by atoms with van der Waals surface area (Å²) in [4.78, 5) is 12.5. The Kier molecular flexibility index (Phi) is 3.69. The molecule has 1 atom stereocenters. The molecule has 1 aromatic heterocycles. The lowest BCUT2D eigenvalue weighted by Crippen LogP contribution is -2.31. The van der Waals surface area contributed by atoms with Gasteiger partial charge in [-0.1, -0.05) is 12.1 Å². The standard InChI is InChI=1S/C17H19NO3/c1-11-10-21-15-9-5-7-13(16(11)15)18-17(19)12-6-3-4-8-14(12)20-2/h3-4,6,8,10,13H,5,7,9H2,1-2H3,(H,18,19). The number of nitrogens with one attached hydrogen (secondary N) is 1. The summed E-state index contributed by atoms with van der Waals surface area (Å²) in [6, 6.07) is 7.29. The monoisotopic (exact) mass is 285 g/mol. The molecule has 0 radical (unpaired) electrons. The van der Waals surface area contributed by atoms with Gasteiger partial charge in [0.05, 0.1) is 25.0 Å². The fraction of sp³-hybridized carbons (Fsp3) is 0.353. The summed E-state index contributed by atoms with van der Waals surface area (Å²) < 4.78 is 10.8. The van der Waals surface area contributed by atoms with Gasteiger partial charge in [-0.05, 0) is 37.5 Å². The number of carbonyl (C=O) groups excluding carboxylic acids is 1. The van der Waals surface area contributed by atoms with Crippen molar-refractivity contribution in [2.45, 2.75) is 32.2 Å². The van der Waals surface area contributed by atoms with Crippen molar-refractivity contribution in [2.24, 2.45) is 0 Å². The molecule has 1 heterocycles. The molecule has 110 valence electrons. The number of benzene rings is 1. The second kappa shape index (κ2) is 5.64. The Bertz CT molecular complexity index is 660. The van der Waals surface area contributed by atoms with E-state index in [1.54, 1.807) is 25.5 Å². The van der Waals surface area contributed by atoms with Crippen LogP contribution in [0.4, 0.5) is 0 Å². The van der Waals surface area contributed by atoms with Crippen molar-refractivity contribution in [3.05, 3.63) is 53.0 Å². The predicted octanol–water partition coefficient (Wildman–Crippen LogP) is 3.40. The van der Waals surface area contributed by atoms with E-state index in [-0.39, 0.29) is 11.9 Å². The number of methoxy groups -OCH3 is 1. The number of carbonyl (C=O) groups is 1. The summed E-state index contributed by atoms with van der Waals surface area (Å²) in [6.45, 7) is 2.02. The molecule has 1 aliphatic carbocycles. The molecule has 1 amide bonds. The van der Waals surface area contributed by atoms with Gasteiger partial charge in [-0.3, -0.25) is 4.79 Å². The van der Waals surface area contributed by atoms with Gasteiger partial charge >= 0.3 is 0 Å². The molecule has 4 nitrogen and oxygen atoms in total. The minimum Gasteiger partial charge on any atom is -0.496 e. The van der Waals surface area contributed by atoms with Crippen LogP contribution in [0.2, 0.25) is 0 Å². The summed E-state index contributed by atoms with van der Waals surface area (Å²) in [5.41, 5.74) is 2.81. The zero-order valence-corrected chi connectivity index (χ0v) is 12.3. The van der Waals surface area contributed by atoms with Crippen LogP contribution < -0.4 is 10.1 Å². The Hall–Kier alpha value is -2.23. The third-order valence-electron chi connectivity index (χ3n) is 4.01. The molecule has 21 heavy (non-hydrogen) atoms. The molecule has 0 aliphatic heterocycles. The van der Waals surface area contributed by atoms with Gasteiger partial charge in [-0.25, -0.2) is 0 Å². The largest absolute Gasteiger partial charge is 0.496 e. The number of aryl methyl sites for hydroxylation is 2.